The van der Waals surface area contributed by atoms with Crippen LogP contribution in [0.3, 0.4) is 0 Å². The number of aryl methyl sites for hydroxylation is 1. The number of amides is 1. The van der Waals surface area contributed by atoms with Gasteiger partial charge in [0.25, 0.3) is 5.91 Å². The maximum atomic E-state index is 12.3. The van der Waals surface area contributed by atoms with E-state index in [2.05, 4.69) is 0 Å². The number of anilines is 1. The predicted molar refractivity (Wildman–Crippen MR) is 70.1 cm³/mol. The first-order chi connectivity index (χ1) is 8.59. The van der Waals surface area contributed by atoms with Crippen molar-refractivity contribution >= 4 is 11.6 Å². The Labute approximate surface area is 106 Å². The maximum Gasteiger partial charge on any atom is 0.256 e. The summed E-state index contributed by atoms with van der Waals surface area (Å²) in [5.74, 6) is -0.0770. The average molecular weight is 244 g/mol. The molecule has 0 atom stereocenters. The van der Waals surface area contributed by atoms with Gasteiger partial charge in [0.1, 0.15) is 0 Å². The van der Waals surface area contributed by atoms with E-state index in [4.69, 9.17) is 10.2 Å². The molecule has 0 aliphatic heterocycles. The van der Waals surface area contributed by atoms with Gasteiger partial charge >= 0.3 is 0 Å². The molecular weight excluding hydrogens is 228 g/mol. The van der Waals surface area contributed by atoms with Crippen molar-refractivity contribution in [1.29, 1.82) is 0 Å². The molecule has 0 fully saturated rings. The van der Waals surface area contributed by atoms with Gasteiger partial charge in [-0.05, 0) is 24.6 Å². The Morgan fingerprint density at radius 1 is 1.39 bits per heavy atom. The lowest BCUT2D eigenvalue weighted by atomic mass is 10.1. The van der Waals surface area contributed by atoms with Gasteiger partial charge in [0, 0.05) is 24.8 Å². The summed E-state index contributed by atoms with van der Waals surface area (Å²) in [6.45, 7) is 2.39. The van der Waals surface area contributed by atoms with Crippen LogP contribution in [0.15, 0.2) is 41.2 Å². The molecule has 0 aliphatic rings. The Kier molecular flexibility index (Phi) is 3.37. The fraction of sp³-hybridized carbons (Fsp3) is 0.214. The number of nitrogen functional groups attached to an aromatic ring is 1. The molecule has 1 heterocycles. The Morgan fingerprint density at radius 3 is 2.78 bits per heavy atom. The zero-order valence-electron chi connectivity index (χ0n) is 10.5. The highest BCUT2D eigenvalue weighted by atomic mass is 16.3. The fourth-order valence-electron chi connectivity index (χ4n) is 1.90. The van der Waals surface area contributed by atoms with Crippen LogP contribution < -0.4 is 5.73 Å². The van der Waals surface area contributed by atoms with E-state index < -0.39 is 0 Å². The van der Waals surface area contributed by atoms with Crippen LogP contribution in [0, 0.1) is 6.92 Å². The number of furan rings is 1. The highest BCUT2D eigenvalue weighted by molar-refractivity contribution is 6.00. The van der Waals surface area contributed by atoms with Crippen LogP contribution in [0.1, 0.15) is 21.5 Å². The summed E-state index contributed by atoms with van der Waals surface area (Å²) in [4.78, 5) is 14.0. The van der Waals surface area contributed by atoms with E-state index in [0.717, 1.165) is 11.1 Å². The molecule has 2 aromatic rings. The normalized spacial score (nSPS) is 10.3. The van der Waals surface area contributed by atoms with Crippen LogP contribution in [0.5, 0.6) is 0 Å². The molecular formula is C14H16N2O2. The smallest absolute Gasteiger partial charge is 0.256 e. The van der Waals surface area contributed by atoms with Gasteiger partial charge < -0.3 is 15.1 Å². The third-order valence-electron chi connectivity index (χ3n) is 2.87. The van der Waals surface area contributed by atoms with E-state index in [9.17, 15) is 4.79 Å². The second-order valence-corrected chi connectivity index (χ2v) is 4.33. The third-order valence-corrected chi connectivity index (χ3v) is 2.87. The summed E-state index contributed by atoms with van der Waals surface area (Å²) >= 11 is 0. The molecule has 2 rings (SSSR count). The quantitative estimate of drug-likeness (QED) is 0.844. The van der Waals surface area contributed by atoms with Gasteiger partial charge in [-0.1, -0.05) is 12.1 Å². The van der Waals surface area contributed by atoms with E-state index in [1.165, 1.54) is 0 Å². The lowest BCUT2D eigenvalue weighted by Gasteiger charge is -2.18. The first-order valence-corrected chi connectivity index (χ1v) is 5.71. The van der Waals surface area contributed by atoms with Crippen LogP contribution in [-0.2, 0) is 6.54 Å². The molecule has 2 N–H and O–H groups in total. The lowest BCUT2D eigenvalue weighted by Crippen LogP contribution is -2.27. The van der Waals surface area contributed by atoms with Crippen LogP contribution >= 0.6 is 0 Å². The van der Waals surface area contributed by atoms with Crippen molar-refractivity contribution in [2.45, 2.75) is 13.5 Å². The Hall–Kier alpha value is -2.23. The van der Waals surface area contributed by atoms with Gasteiger partial charge in [0.05, 0.1) is 18.1 Å². The van der Waals surface area contributed by atoms with E-state index in [0.29, 0.717) is 17.8 Å². The summed E-state index contributed by atoms with van der Waals surface area (Å²) in [5.41, 5.74) is 8.80. The summed E-state index contributed by atoms with van der Waals surface area (Å²) < 4.78 is 4.99. The van der Waals surface area contributed by atoms with Crippen molar-refractivity contribution < 1.29 is 9.21 Å². The fourth-order valence-corrected chi connectivity index (χ4v) is 1.90. The largest absolute Gasteiger partial charge is 0.472 e. The van der Waals surface area contributed by atoms with Gasteiger partial charge in [-0.3, -0.25) is 4.79 Å². The topological polar surface area (TPSA) is 59.5 Å². The SMILES string of the molecule is Cc1cccc(N)c1C(=O)N(C)Cc1ccoc1. The zero-order chi connectivity index (χ0) is 13.1. The Balaban J connectivity index is 2.21. The monoisotopic (exact) mass is 244 g/mol. The van der Waals surface area contributed by atoms with Crippen LogP contribution in [0.4, 0.5) is 5.69 Å². The highest BCUT2D eigenvalue weighted by Gasteiger charge is 2.17. The number of carbonyl (C=O) groups is 1. The minimum absolute atomic E-state index is 0.0770. The molecule has 94 valence electrons. The molecule has 1 aromatic heterocycles. The molecule has 0 saturated heterocycles. The number of carbonyl (C=O) groups excluding carboxylic acids is 1. The second-order valence-electron chi connectivity index (χ2n) is 4.33. The third kappa shape index (κ3) is 2.37. The first kappa shape index (κ1) is 12.2. The molecule has 0 saturated carbocycles. The molecule has 0 spiro atoms. The molecule has 4 heteroatoms. The van der Waals surface area contributed by atoms with Gasteiger partial charge in [0.15, 0.2) is 0 Å². The number of benzene rings is 1. The van der Waals surface area contributed by atoms with E-state index in [1.54, 1.807) is 30.5 Å². The van der Waals surface area contributed by atoms with Crippen molar-refractivity contribution in [2.24, 2.45) is 0 Å². The molecule has 18 heavy (non-hydrogen) atoms. The molecule has 1 aromatic carbocycles. The average Bonchev–Trinajstić information content (AvgIpc) is 2.81. The predicted octanol–water partition coefficient (Wildman–Crippen LogP) is 2.44. The lowest BCUT2D eigenvalue weighted by molar-refractivity contribution is 0.0785. The minimum atomic E-state index is -0.0770. The summed E-state index contributed by atoms with van der Waals surface area (Å²) in [6.07, 6.45) is 3.22. The van der Waals surface area contributed by atoms with Gasteiger partial charge in [-0.2, -0.15) is 0 Å². The standard InChI is InChI=1S/C14H16N2O2/c1-10-4-3-5-12(15)13(10)14(17)16(2)8-11-6-7-18-9-11/h3-7,9H,8,15H2,1-2H3. The molecule has 0 aliphatic carbocycles. The number of nitrogens with zero attached hydrogens (tertiary/aromatic N) is 1. The number of rotatable bonds is 3. The number of hydrogen-bond acceptors (Lipinski definition) is 3. The van der Waals surface area contributed by atoms with Crippen LogP contribution in [-0.4, -0.2) is 17.9 Å². The summed E-state index contributed by atoms with van der Waals surface area (Å²) in [6, 6.07) is 7.31. The Bertz CT molecular complexity index is 527. The van der Waals surface area contributed by atoms with Gasteiger partial charge in [-0.25, -0.2) is 0 Å². The molecule has 0 radical (unpaired) electrons. The van der Waals surface area contributed by atoms with Crippen molar-refractivity contribution in [3.05, 3.63) is 53.5 Å². The van der Waals surface area contributed by atoms with Crippen molar-refractivity contribution in [1.82, 2.24) is 4.90 Å². The number of nitrogens with two attached hydrogens (primary N) is 1. The van der Waals surface area contributed by atoms with Crippen molar-refractivity contribution in [3.63, 3.8) is 0 Å². The second kappa shape index (κ2) is 4.96. The van der Waals surface area contributed by atoms with Crippen molar-refractivity contribution in [2.75, 3.05) is 12.8 Å². The van der Waals surface area contributed by atoms with E-state index >= 15 is 0 Å². The van der Waals surface area contributed by atoms with Gasteiger partial charge in [0.2, 0.25) is 0 Å². The maximum absolute atomic E-state index is 12.3. The van der Waals surface area contributed by atoms with Crippen molar-refractivity contribution in [3.8, 4) is 0 Å². The van der Waals surface area contributed by atoms with Crippen LogP contribution in [0.25, 0.3) is 0 Å². The number of hydrogen-bond donors (Lipinski definition) is 1. The minimum Gasteiger partial charge on any atom is -0.472 e. The van der Waals surface area contributed by atoms with Gasteiger partial charge in [-0.15, -0.1) is 0 Å². The molecule has 1 amide bonds. The Morgan fingerprint density at radius 2 is 2.17 bits per heavy atom. The zero-order valence-corrected chi connectivity index (χ0v) is 10.5. The van der Waals surface area contributed by atoms with E-state index in [1.807, 2.05) is 25.1 Å². The summed E-state index contributed by atoms with van der Waals surface area (Å²) in [7, 11) is 1.75. The summed E-state index contributed by atoms with van der Waals surface area (Å²) in [5, 5.41) is 0. The molecule has 0 bridgehead atoms. The molecule has 4 nitrogen and oxygen atoms in total. The first-order valence-electron chi connectivity index (χ1n) is 5.71. The highest BCUT2D eigenvalue weighted by Crippen LogP contribution is 2.19. The molecule has 0 unspecified atom stereocenters. The van der Waals surface area contributed by atoms with E-state index in [-0.39, 0.29) is 5.91 Å². The van der Waals surface area contributed by atoms with Crippen LogP contribution in [0.2, 0.25) is 0 Å².